The molecule has 20 heavy (non-hydrogen) atoms. The summed E-state index contributed by atoms with van der Waals surface area (Å²) in [6, 6.07) is 12.1. The van der Waals surface area contributed by atoms with Gasteiger partial charge in [0.2, 0.25) is 0 Å². The van der Waals surface area contributed by atoms with Gasteiger partial charge >= 0.3 is 5.69 Å². The third-order valence-electron chi connectivity index (χ3n) is 3.62. The average molecular weight is 267 g/mol. The molecule has 0 saturated heterocycles. The second-order valence-corrected chi connectivity index (χ2v) is 4.95. The molecule has 0 fully saturated rings. The number of aryl methyl sites for hydroxylation is 2. The molecule has 102 valence electrons. The summed E-state index contributed by atoms with van der Waals surface area (Å²) in [5.41, 5.74) is 3.88. The Hall–Kier alpha value is -2.36. The topological polar surface area (TPSA) is 39.8 Å². The summed E-state index contributed by atoms with van der Waals surface area (Å²) in [6.07, 6.45) is 2.76. The van der Waals surface area contributed by atoms with Crippen molar-refractivity contribution in [3.05, 3.63) is 64.2 Å². The fraction of sp³-hybridized carbons (Fsp3) is 0.250. The first-order valence-corrected chi connectivity index (χ1v) is 6.78. The van der Waals surface area contributed by atoms with Crippen LogP contribution in [0.15, 0.2) is 47.4 Å². The molecule has 3 rings (SSSR count). The number of hydrogen-bond acceptors (Lipinski definition) is 2. The molecule has 0 spiro atoms. The first kappa shape index (κ1) is 12.7. The molecule has 0 aliphatic rings. The lowest BCUT2D eigenvalue weighted by Gasteiger charge is -2.04. The molecule has 0 atom stereocenters. The number of rotatable bonds is 3. The predicted octanol–water partition coefficient (Wildman–Crippen LogP) is 2.35. The summed E-state index contributed by atoms with van der Waals surface area (Å²) in [5, 5.41) is 0. The van der Waals surface area contributed by atoms with Crippen molar-refractivity contribution in [3.8, 4) is 0 Å². The van der Waals surface area contributed by atoms with Gasteiger partial charge in [0.1, 0.15) is 0 Å². The van der Waals surface area contributed by atoms with Gasteiger partial charge in [0.15, 0.2) is 5.65 Å². The van der Waals surface area contributed by atoms with E-state index in [0.717, 1.165) is 28.7 Å². The molecule has 0 bridgehead atoms. The van der Waals surface area contributed by atoms with E-state index in [1.165, 1.54) is 0 Å². The van der Waals surface area contributed by atoms with E-state index in [9.17, 15) is 4.79 Å². The summed E-state index contributed by atoms with van der Waals surface area (Å²) in [4.78, 5) is 16.8. The molecule has 0 N–H and O–H groups in total. The van der Waals surface area contributed by atoms with Gasteiger partial charge in [-0.05, 0) is 23.6 Å². The minimum absolute atomic E-state index is 0.0235. The van der Waals surface area contributed by atoms with Gasteiger partial charge in [-0.25, -0.2) is 9.78 Å². The van der Waals surface area contributed by atoms with Crippen molar-refractivity contribution in [2.45, 2.75) is 19.9 Å². The molecular weight excluding hydrogens is 250 g/mol. The van der Waals surface area contributed by atoms with Crippen LogP contribution in [-0.4, -0.2) is 14.1 Å². The lowest BCUT2D eigenvalue weighted by Crippen LogP contribution is -2.22. The highest BCUT2D eigenvalue weighted by Crippen LogP contribution is 2.14. The van der Waals surface area contributed by atoms with Crippen molar-refractivity contribution in [3.63, 3.8) is 0 Å². The fourth-order valence-corrected chi connectivity index (χ4v) is 2.43. The molecule has 0 amide bonds. The number of imidazole rings is 1. The normalized spacial score (nSPS) is 11.1. The minimum atomic E-state index is -0.0235. The fourth-order valence-electron chi connectivity index (χ4n) is 2.43. The molecule has 0 aliphatic carbocycles. The lowest BCUT2D eigenvalue weighted by molar-refractivity contribution is 0.734. The van der Waals surface area contributed by atoms with E-state index >= 15 is 0 Å². The molecule has 0 aliphatic heterocycles. The number of aromatic nitrogens is 3. The number of hydrogen-bond donors (Lipinski definition) is 0. The number of pyridine rings is 1. The van der Waals surface area contributed by atoms with Gasteiger partial charge in [0, 0.05) is 13.2 Å². The maximum atomic E-state index is 12.4. The molecule has 2 aromatic heterocycles. The smallest absolute Gasteiger partial charge is 0.286 e. The Balaban J connectivity index is 2.18. The molecule has 1 aromatic carbocycles. The average Bonchev–Trinajstić information content (AvgIpc) is 2.73. The van der Waals surface area contributed by atoms with Crippen LogP contribution in [0.25, 0.3) is 11.2 Å². The molecule has 0 saturated carbocycles. The van der Waals surface area contributed by atoms with Gasteiger partial charge in [-0.15, -0.1) is 0 Å². The first-order chi connectivity index (χ1) is 9.70. The van der Waals surface area contributed by atoms with Crippen molar-refractivity contribution < 1.29 is 0 Å². The third-order valence-corrected chi connectivity index (χ3v) is 3.62. The van der Waals surface area contributed by atoms with Crippen molar-refractivity contribution in [1.82, 2.24) is 14.1 Å². The van der Waals surface area contributed by atoms with E-state index in [-0.39, 0.29) is 5.69 Å². The Kier molecular flexibility index (Phi) is 3.14. The van der Waals surface area contributed by atoms with Crippen LogP contribution in [0.3, 0.4) is 0 Å². The van der Waals surface area contributed by atoms with E-state index in [4.69, 9.17) is 0 Å². The van der Waals surface area contributed by atoms with Gasteiger partial charge in [0.05, 0.1) is 12.1 Å². The van der Waals surface area contributed by atoms with Gasteiger partial charge in [0.25, 0.3) is 0 Å². The molecular formula is C16H17N3O. The van der Waals surface area contributed by atoms with Crippen LogP contribution < -0.4 is 5.69 Å². The van der Waals surface area contributed by atoms with Crippen LogP contribution in [0, 0.1) is 0 Å². The monoisotopic (exact) mass is 267 g/mol. The summed E-state index contributed by atoms with van der Waals surface area (Å²) < 4.78 is 3.40. The SMILES string of the molecule is CCc1cnc2c(c1)n(Cc1ccccc1)c(=O)n2C. The van der Waals surface area contributed by atoms with Crippen LogP contribution in [0.1, 0.15) is 18.1 Å². The van der Waals surface area contributed by atoms with E-state index in [0.29, 0.717) is 6.54 Å². The zero-order valence-corrected chi connectivity index (χ0v) is 11.7. The lowest BCUT2D eigenvalue weighted by atomic mass is 10.2. The largest absolute Gasteiger partial charge is 0.330 e. The Morgan fingerprint density at radius 2 is 1.90 bits per heavy atom. The molecule has 4 nitrogen and oxygen atoms in total. The maximum Gasteiger partial charge on any atom is 0.330 e. The van der Waals surface area contributed by atoms with E-state index < -0.39 is 0 Å². The van der Waals surface area contributed by atoms with Crippen molar-refractivity contribution in [1.29, 1.82) is 0 Å². The number of benzene rings is 1. The predicted molar refractivity (Wildman–Crippen MR) is 79.9 cm³/mol. The maximum absolute atomic E-state index is 12.4. The number of nitrogens with zero attached hydrogens (tertiary/aromatic N) is 3. The highest BCUT2D eigenvalue weighted by Gasteiger charge is 2.12. The minimum Gasteiger partial charge on any atom is -0.286 e. The molecule has 2 heterocycles. The zero-order chi connectivity index (χ0) is 14.1. The molecule has 0 unspecified atom stereocenters. The Morgan fingerprint density at radius 1 is 1.15 bits per heavy atom. The van der Waals surface area contributed by atoms with Crippen LogP contribution in [-0.2, 0) is 20.0 Å². The van der Waals surface area contributed by atoms with Gasteiger partial charge in [-0.2, -0.15) is 0 Å². The highest BCUT2D eigenvalue weighted by atomic mass is 16.1. The third kappa shape index (κ3) is 2.03. The van der Waals surface area contributed by atoms with Crippen molar-refractivity contribution >= 4 is 11.2 Å². The number of fused-ring (bicyclic) bond motifs is 1. The standard InChI is InChI=1S/C16H17N3O/c1-3-12-9-14-15(17-10-12)18(2)16(20)19(14)11-13-7-5-4-6-8-13/h4-10H,3,11H2,1-2H3. The quantitative estimate of drug-likeness (QED) is 0.730. The first-order valence-electron chi connectivity index (χ1n) is 6.78. The van der Waals surface area contributed by atoms with Gasteiger partial charge in [-0.1, -0.05) is 37.3 Å². The van der Waals surface area contributed by atoms with Crippen LogP contribution in [0.5, 0.6) is 0 Å². The van der Waals surface area contributed by atoms with E-state index in [1.807, 2.05) is 36.5 Å². The second kappa shape index (κ2) is 4.96. The highest BCUT2D eigenvalue weighted by molar-refractivity contribution is 5.72. The summed E-state index contributed by atoms with van der Waals surface area (Å²) >= 11 is 0. The molecule has 0 radical (unpaired) electrons. The summed E-state index contributed by atoms with van der Waals surface area (Å²) in [7, 11) is 1.77. The second-order valence-electron chi connectivity index (χ2n) is 4.95. The van der Waals surface area contributed by atoms with E-state index in [2.05, 4.69) is 18.0 Å². The molecule has 3 aromatic rings. The van der Waals surface area contributed by atoms with Crippen molar-refractivity contribution in [2.24, 2.45) is 7.05 Å². The van der Waals surface area contributed by atoms with E-state index in [1.54, 1.807) is 16.2 Å². The van der Waals surface area contributed by atoms with Gasteiger partial charge in [-0.3, -0.25) is 9.13 Å². The summed E-state index contributed by atoms with van der Waals surface area (Å²) in [6.45, 7) is 2.66. The molecule has 4 heteroatoms. The Bertz CT molecular complexity index is 800. The Labute approximate surface area is 117 Å². The zero-order valence-electron chi connectivity index (χ0n) is 11.7. The van der Waals surface area contributed by atoms with Gasteiger partial charge < -0.3 is 0 Å². The van der Waals surface area contributed by atoms with Crippen molar-refractivity contribution in [2.75, 3.05) is 0 Å². The van der Waals surface area contributed by atoms with Crippen LogP contribution in [0.2, 0.25) is 0 Å². The van der Waals surface area contributed by atoms with Crippen LogP contribution in [0.4, 0.5) is 0 Å². The van der Waals surface area contributed by atoms with Crippen LogP contribution >= 0.6 is 0 Å². The summed E-state index contributed by atoms with van der Waals surface area (Å²) in [5.74, 6) is 0. The Morgan fingerprint density at radius 3 is 2.60 bits per heavy atom.